The van der Waals surface area contributed by atoms with E-state index in [0.29, 0.717) is 52.2 Å². The molecule has 3 heterocycles. The van der Waals surface area contributed by atoms with Crippen LogP contribution in [0.3, 0.4) is 0 Å². The van der Waals surface area contributed by atoms with Crippen molar-refractivity contribution in [3.63, 3.8) is 0 Å². The predicted molar refractivity (Wildman–Crippen MR) is 110 cm³/mol. The minimum atomic E-state index is -0.417. The number of aryl methyl sites for hydroxylation is 1. The number of H-pyrrole nitrogens is 1. The smallest absolute Gasteiger partial charge is 0.271 e. The SMILES string of the molecule is Cc1nc(N2CCCN(c3nc4ccc([N+](=O)[O-])cc4[nH]3)CC2)c(Cl)cc1C#N. The van der Waals surface area contributed by atoms with Gasteiger partial charge in [0.05, 0.1) is 32.2 Å². The first kappa shape index (κ1) is 19.0. The number of aromatic amines is 1. The molecule has 0 bridgehead atoms. The molecule has 1 aromatic carbocycles. The number of hydrogen-bond donors (Lipinski definition) is 1. The number of rotatable bonds is 3. The summed E-state index contributed by atoms with van der Waals surface area (Å²) in [7, 11) is 0. The summed E-state index contributed by atoms with van der Waals surface area (Å²) in [5, 5.41) is 20.6. The van der Waals surface area contributed by atoms with E-state index in [-0.39, 0.29) is 5.69 Å². The van der Waals surface area contributed by atoms with Gasteiger partial charge in [-0.1, -0.05) is 11.6 Å². The van der Waals surface area contributed by atoms with Crippen molar-refractivity contribution in [2.24, 2.45) is 0 Å². The molecule has 0 spiro atoms. The second-order valence-electron chi connectivity index (χ2n) is 6.89. The number of nitro benzene ring substituents is 1. The van der Waals surface area contributed by atoms with Crippen LogP contribution in [0.1, 0.15) is 17.7 Å². The largest absolute Gasteiger partial charge is 0.354 e. The highest BCUT2D eigenvalue weighted by atomic mass is 35.5. The summed E-state index contributed by atoms with van der Waals surface area (Å²) in [5.74, 6) is 1.38. The topological polar surface area (TPSA) is 115 Å². The Hall–Kier alpha value is -3.38. The Kier molecular flexibility index (Phi) is 4.94. The van der Waals surface area contributed by atoms with Crippen LogP contribution in [0.5, 0.6) is 0 Å². The molecule has 1 aliphatic heterocycles. The Morgan fingerprint density at radius 1 is 1.21 bits per heavy atom. The summed E-state index contributed by atoms with van der Waals surface area (Å²) in [6.07, 6.45) is 0.869. The van der Waals surface area contributed by atoms with Crippen molar-refractivity contribution < 1.29 is 4.92 Å². The number of fused-ring (bicyclic) bond motifs is 1. The van der Waals surface area contributed by atoms with Crippen molar-refractivity contribution in [2.75, 3.05) is 36.0 Å². The number of benzene rings is 1. The summed E-state index contributed by atoms with van der Waals surface area (Å²) < 4.78 is 0. The van der Waals surface area contributed by atoms with E-state index >= 15 is 0 Å². The van der Waals surface area contributed by atoms with Crippen molar-refractivity contribution in [3.8, 4) is 6.07 Å². The van der Waals surface area contributed by atoms with E-state index in [1.165, 1.54) is 12.1 Å². The quantitative estimate of drug-likeness (QED) is 0.518. The van der Waals surface area contributed by atoms with Gasteiger partial charge in [-0.05, 0) is 25.5 Å². The molecule has 3 aromatic rings. The third kappa shape index (κ3) is 3.67. The van der Waals surface area contributed by atoms with Crippen LogP contribution in [0.25, 0.3) is 11.0 Å². The number of non-ortho nitro benzene ring substituents is 1. The van der Waals surface area contributed by atoms with Gasteiger partial charge in [0.2, 0.25) is 5.95 Å². The Morgan fingerprint density at radius 3 is 2.72 bits per heavy atom. The molecule has 0 radical (unpaired) electrons. The Bertz CT molecular complexity index is 1140. The first-order valence-corrected chi connectivity index (χ1v) is 9.55. The van der Waals surface area contributed by atoms with E-state index in [1.54, 1.807) is 19.1 Å². The lowest BCUT2D eigenvalue weighted by Gasteiger charge is -2.24. The van der Waals surface area contributed by atoms with Gasteiger partial charge in [-0.2, -0.15) is 5.26 Å². The number of nitriles is 1. The van der Waals surface area contributed by atoms with Crippen LogP contribution in [-0.4, -0.2) is 46.1 Å². The van der Waals surface area contributed by atoms with E-state index < -0.39 is 4.92 Å². The first-order valence-electron chi connectivity index (χ1n) is 9.17. The van der Waals surface area contributed by atoms with Crippen LogP contribution in [0, 0.1) is 28.4 Å². The van der Waals surface area contributed by atoms with Gasteiger partial charge in [-0.25, -0.2) is 9.97 Å². The summed E-state index contributed by atoms with van der Waals surface area (Å²) in [4.78, 5) is 27.1. The van der Waals surface area contributed by atoms with E-state index in [2.05, 4.69) is 30.8 Å². The van der Waals surface area contributed by atoms with Gasteiger partial charge in [0, 0.05) is 38.3 Å². The summed E-state index contributed by atoms with van der Waals surface area (Å²) in [6.45, 7) is 4.75. The van der Waals surface area contributed by atoms with Crippen LogP contribution in [0.4, 0.5) is 17.5 Å². The van der Waals surface area contributed by atoms with Gasteiger partial charge in [-0.15, -0.1) is 0 Å². The van der Waals surface area contributed by atoms with Gasteiger partial charge in [-0.3, -0.25) is 10.1 Å². The lowest BCUT2D eigenvalue weighted by atomic mass is 10.2. The standard InChI is InChI=1S/C19H18ClN7O2/c1-12-13(11-21)9-15(20)18(22-12)25-5-2-6-26(8-7-25)19-23-16-4-3-14(27(28)29)10-17(16)24-19/h3-4,9-10H,2,5-8H2,1H3,(H,23,24). The Morgan fingerprint density at radius 2 is 1.97 bits per heavy atom. The molecule has 0 aliphatic carbocycles. The van der Waals surface area contributed by atoms with Gasteiger partial charge < -0.3 is 14.8 Å². The second-order valence-corrected chi connectivity index (χ2v) is 7.29. The van der Waals surface area contributed by atoms with Crippen molar-refractivity contribution in [1.82, 2.24) is 15.0 Å². The van der Waals surface area contributed by atoms with Crippen LogP contribution in [-0.2, 0) is 0 Å². The van der Waals surface area contributed by atoms with Crippen LogP contribution >= 0.6 is 11.6 Å². The maximum Gasteiger partial charge on any atom is 0.271 e. The third-order valence-electron chi connectivity index (χ3n) is 5.03. The lowest BCUT2D eigenvalue weighted by molar-refractivity contribution is -0.384. The molecule has 1 N–H and O–H groups in total. The number of aromatic nitrogens is 3. The molecular formula is C19H18ClN7O2. The minimum Gasteiger partial charge on any atom is -0.354 e. The fourth-order valence-electron chi connectivity index (χ4n) is 3.49. The van der Waals surface area contributed by atoms with E-state index in [9.17, 15) is 10.1 Å². The van der Waals surface area contributed by atoms with E-state index in [1.807, 2.05) is 0 Å². The number of anilines is 2. The Labute approximate surface area is 171 Å². The summed E-state index contributed by atoms with van der Waals surface area (Å²) in [5.41, 5.74) is 2.51. The van der Waals surface area contributed by atoms with Gasteiger partial charge in [0.15, 0.2) is 0 Å². The monoisotopic (exact) mass is 411 g/mol. The highest BCUT2D eigenvalue weighted by Crippen LogP contribution is 2.28. The number of imidazole rings is 1. The second kappa shape index (κ2) is 7.56. The molecule has 148 valence electrons. The molecule has 0 saturated carbocycles. The number of hydrogen-bond acceptors (Lipinski definition) is 7. The molecule has 9 nitrogen and oxygen atoms in total. The molecule has 0 atom stereocenters. The Balaban J connectivity index is 1.55. The molecule has 0 unspecified atom stereocenters. The van der Waals surface area contributed by atoms with Crippen molar-refractivity contribution in [1.29, 1.82) is 5.26 Å². The number of pyridine rings is 1. The molecule has 1 fully saturated rings. The van der Waals surface area contributed by atoms with E-state index in [0.717, 1.165) is 19.5 Å². The molecule has 29 heavy (non-hydrogen) atoms. The number of nitrogens with one attached hydrogen (secondary N) is 1. The highest BCUT2D eigenvalue weighted by Gasteiger charge is 2.21. The fourth-order valence-corrected chi connectivity index (χ4v) is 3.76. The number of halogens is 1. The van der Waals surface area contributed by atoms with E-state index in [4.69, 9.17) is 16.9 Å². The molecule has 0 amide bonds. The van der Waals surface area contributed by atoms with Crippen molar-refractivity contribution in [2.45, 2.75) is 13.3 Å². The van der Waals surface area contributed by atoms with Crippen molar-refractivity contribution >= 4 is 40.1 Å². The first-order chi connectivity index (χ1) is 14.0. The molecule has 4 rings (SSSR count). The van der Waals surface area contributed by atoms with Crippen molar-refractivity contribution in [3.05, 3.63) is 50.7 Å². The van der Waals surface area contributed by atoms with Gasteiger partial charge >= 0.3 is 0 Å². The zero-order chi connectivity index (χ0) is 20.5. The highest BCUT2D eigenvalue weighted by molar-refractivity contribution is 6.33. The van der Waals surface area contributed by atoms with Crippen LogP contribution in [0.2, 0.25) is 5.02 Å². The molecule has 10 heteroatoms. The number of nitrogens with zero attached hydrogens (tertiary/aromatic N) is 6. The average molecular weight is 412 g/mol. The average Bonchev–Trinajstić information content (AvgIpc) is 2.98. The molecular weight excluding hydrogens is 394 g/mol. The molecule has 1 saturated heterocycles. The normalized spacial score (nSPS) is 14.7. The summed E-state index contributed by atoms with van der Waals surface area (Å²) >= 11 is 6.37. The van der Waals surface area contributed by atoms with Gasteiger partial charge in [0.25, 0.3) is 5.69 Å². The van der Waals surface area contributed by atoms with Crippen LogP contribution in [0.15, 0.2) is 24.3 Å². The minimum absolute atomic E-state index is 0.0339. The van der Waals surface area contributed by atoms with Gasteiger partial charge in [0.1, 0.15) is 11.9 Å². The maximum absolute atomic E-state index is 11.0. The number of nitro groups is 1. The predicted octanol–water partition coefficient (Wildman–Crippen LogP) is 3.42. The maximum atomic E-state index is 11.0. The summed E-state index contributed by atoms with van der Waals surface area (Å²) in [6, 6.07) is 8.37. The molecule has 1 aliphatic rings. The zero-order valence-electron chi connectivity index (χ0n) is 15.7. The molecule has 2 aromatic heterocycles. The third-order valence-corrected chi connectivity index (χ3v) is 5.31. The van der Waals surface area contributed by atoms with Crippen LogP contribution < -0.4 is 9.80 Å². The lowest BCUT2D eigenvalue weighted by Crippen LogP contribution is -2.32. The fraction of sp³-hybridized carbons (Fsp3) is 0.316. The zero-order valence-corrected chi connectivity index (χ0v) is 16.5.